The second-order valence-corrected chi connectivity index (χ2v) is 2.28. The van der Waals surface area contributed by atoms with Crippen LogP contribution < -0.4 is 0 Å². The van der Waals surface area contributed by atoms with Gasteiger partial charge in [-0.1, -0.05) is 31.4 Å². The van der Waals surface area contributed by atoms with Gasteiger partial charge in [-0.15, -0.1) is 0 Å². The number of alkyl halides is 3. The quantitative estimate of drug-likeness (QED) is 0.504. The van der Waals surface area contributed by atoms with Gasteiger partial charge in [-0.05, 0) is 6.08 Å². The molecular formula is C10H11F3O. The van der Waals surface area contributed by atoms with Crippen molar-refractivity contribution >= 4 is 0 Å². The molecule has 0 amide bonds. The van der Waals surface area contributed by atoms with Gasteiger partial charge >= 0.3 is 6.18 Å². The maximum Gasteiger partial charge on any atom is 0.419 e. The molecule has 0 aromatic rings. The normalized spacial score (nSPS) is 13.7. The van der Waals surface area contributed by atoms with E-state index in [-0.39, 0.29) is 5.76 Å². The van der Waals surface area contributed by atoms with Gasteiger partial charge in [0.25, 0.3) is 0 Å². The summed E-state index contributed by atoms with van der Waals surface area (Å²) in [4.78, 5) is 0. The number of ether oxygens (including phenoxy) is 1. The monoisotopic (exact) mass is 204 g/mol. The maximum atomic E-state index is 12.3. The van der Waals surface area contributed by atoms with Crippen LogP contribution in [0.3, 0.4) is 0 Å². The minimum Gasteiger partial charge on any atom is -0.496 e. The topological polar surface area (TPSA) is 9.23 Å². The van der Waals surface area contributed by atoms with Crippen molar-refractivity contribution in [3.63, 3.8) is 0 Å². The molecule has 0 bridgehead atoms. The summed E-state index contributed by atoms with van der Waals surface area (Å²) in [6.07, 6.45) is 0.145. The van der Waals surface area contributed by atoms with Gasteiger partial charge in [-0.2, -0.15) is 13.2 Å². The van der Waals surface area contributed by atoms with Crippen LogP contribution in [0.15, 0.2) is 48.8 Å². The molecule has 0 aliphatic rings. The fraction of sp³-hybridized carbons (Fsp3) is 0.200. The molecule has 0 rings (SSSR count). The standard InChI is InChI=1S/C10H11F3O/c1-4-6-7-9(14-3)8(5-2)10(11,12)13/h4-7H,1-2H2,3H3/b7-6-,9-8-. The van der Waals surface area contributed by atoms with E-state index >= 15 is 0 Å². The molecule has 0 radical (unpaired) electrons. The summed E-state index contributed by atoms with van der Waals surface area (Å²) in [5.41, 5.74) is -0.905. The average molecular weight is 204 g/mol. The van der Waals surface area contributed by atoms with Crippen LogP contribution in [0.25, 0.3) is 0 Å². The van der Waals surface area contributed by atoms with Crippen molar-refractivity contribution in [2.24, 2.45) is 0 Å². The van der Waals surface area contributed by atoms with Crippen LogP contribution in [0.5, 0.6) is 0 Å². The molecular weight excluding hydrogens is 193 g/mol. The van der Waals surface area contributed by atoms with Crippen LogP contribution in [0.2, 0.25) is 0 Å². The second kappa shape index (κ2) is 5.32. The molecule has 0 fully saturated rings. The maximum absolute atomic E-state index is 12.3. The van der Waals surface area contributed by atoms with Gasteiger partial charge in [0.1, 0.15) is 5.76 Å². The summed E-state index contributed by atoms with van der Waals surface area (Å²) >= 11 is 0. The molecule has 0 unspecified atom stereocenters. The fourth-order valence-corrected chi connectivity index (χ4v) is 0.779. The Morgan fingerprint density at radius 3 is 2.14 bits per heavy atom. The van der Waals surface area contributed by atoms with E-state index in [1.807, 2.05) is 0 Å². The van der Waals surface area contributed by atoms with Crippen molar-refractivity contribution < 1.29 is 17.9 Å². The Morgan fingerprint density at radius 1 is 1.29 bits per heavy atom. The zero-order valence-electron chi connectivity index (χ0n) is 7.77. The van der Waals surface area contributed by atoms with Crippen LogP contribution in [-0.2, 0) is 4.74 Å². The highest BCUT2D eigenvalue weighted by atomic mass is 19.4. The molecule has 0 aromatic carbocycles. The number of halogens is 3. The average Bonchev–Trinajstić information content (AvgIpc) is 2.09. The molecule has 0 aromatic heterocycles. The van der Waals surface area contributed by atoms with Crippen molar-refractivity contribution in [3.05, 3.63) is 48.8 Å². The van der Waals surface area contributed by atoms with Crippen molar-refractivity contribution in [2.45, 2.75) is 6.18 Å². The van der Waals surface area contributed by atoms with E-state index in [4.69, 9.17) is 0 Å². The van der Waals surface area contributed by atoms with Gasteiger partial charge in [0.2, 0.25) is 0 Å². The number of allylic oxidation sites excluding steroid dienone is 5. The molecule has 1 nitrogen and oxygen atoms in total. The second-order valence-electron chi connectivity index (χ2n) is 2.28. The van der Waals surface area contributed by atoms with Gasteiger partial charge in [0.15, 0.2) is 0 Å². The van der Waals surface area contributed by atoms with Crippen molar-refractivity contribution in [3.8, 4) is 0 Å². The van der Waals surface area contributed by atoms with Gasteiger partial charge in [-0.25, -0.2) is 0 Å². The summed E-state index contributed by atoms with van der Waals surface area (Å²) in [7, 11) is 1.16. The van der Waals surface area contributed by atoms with E-state index in [9.17, 15) is 13.2 Å². The first-order valence-electron chi connectivity index (χ1n) is 3.74. The molecule has 0 aliphatic carbocycles. The molecule has 78 valence electrons. The Hall–Kier alpha value is -1.45. The summed E-state index contributed by atoms with van der Waals surface area (Å²) in [5.74, 6) is -0.285. The van der Waals surface area contributed by atoms with Crippen molar-refractivity contribution in [1.29, 1.82) is 0 Å². The molecule has 0 N–H and O–H groups in total. The van der Waals surface area contributed by atoms with Crippen molar-refractivity contribution in [2.75, 3.05) is 7.11 Å². The molecule has 0 spiro atoms. The van der Waals surface area contributed by atoms with E-state index < -0.39 is 11.7 Å². The Morgan fingerprint density at radius 2 is 1.86 bits per heavy atom. The van der Waals surface area contributed by atoms with Gasteiger partial charge in [-0.3, -0.25) is 0 Å². The van der Waals surface area contributed by atoms with E-state index in [0.29, 0.717) is 6.08 Å². The van der Waals surface area contributed by atoms with E-state index in [1.54, 1.807) is 0 Å². The lowest BCUT2D eigenvalue weighted by molar-refractivity contribution is -0.0908. The minimum atomic E-state index is -4.46. The third-order valence-corrected chi connectivity index (χ3v) is 1.38. The third kappa shape index (κ3) is 3.51. The SMILES string of the molecule is C=C/C=C\C(OC)=C(/C=C)C(F)(F)F. The molecule has 14 heavy (non-hydrogen) atoms. The zero-order valence-corrected chi connectivity index (χ0v) is 7.77. The summed E-state index contributed by atoms with van der Waals surface area (Å²) in [5, 5.41) is 0. The first-order chi connectivity index (χ1) is 6.47. The van der Waals surface area contributed by atoms with Crippen LogP contribution in [0.1, 0.15) is 0 Å². The fourth-order valence-electron chi connectivity index (χ4n) is 0.779. The zero-order chi connectivity index (χ0) is 11.2. The molecule has 0 atom stereocenters. The highest BCUT2D eigenvalue weighted by molar-refractivity contribution is 5.32. The largest absolute Gasteiger partial charge is 0.496 e. The van der Waals surface area contributed by atoms with Gasteiger partial charge < -0.3 is 4.74 Å². The summed E-state index contributed by atoms with van der Waals surface area (Å²) in [6, 6.07) is 0. The molecule has 0 heterocycles. The molecule has 0 aliphatic heterocycles. The van der Waals surface area contributed by atoms with Crippen molar-refractivity contribution in [1.82, 2.24) is 0 Å². The van der Waals surface area contributed by atoms with Crippen LogP contribution in [0.4, 0.5) is 13.2 Å². The lowest BCUT2D eigenvalue weighted by Gasteiger charge is -2.10. The lowest BCUT2D eigenvalue weighted by atomic mass is 10.2. The Bertz CT molecular complexity index is 272. The summed E-state index contributed by atoms with van der Waals surface area (Å²) < 4.78 is 41.5. The number of hydrogen-bond donors (Lipinski definition) is 0. The predicted octanol–water partition coefficient (Wildman–Crippen LogP) is 3.38. The number of hydrogen-bond acceptors (Lipinski definition) is 1. The van der Waals surface area contributed by atoms with Crippen LogP contribution in [-0.4, -0.2) is 13.3 Å². The molecule has 4 heteroatoms. The minimum absolute atomic E-state index is 0.285. The molecule has 0 saturated heterocycles. The number of methoxy groups -OCH3 is 1. The lowest BCUT2D eigenvalue weighted by Crippen LogP contribution is -2.12. The first kappa shape index (κ1) is 12.5. The van der Waals surface area contributed by atoms with Gasteiger partial charge in [0.05, 0.1) is 12.7 Å². The van der Waals surface area contributed by atoms with Crippen LogP contribution >= 0.6 is 0 Å². The first-order valence-corrected chi connectivity index (χ1v) is 3.74. The van der Waals surface area contributed by atoms with Gasteiger partial charge in [0, 0.05) is 0 Å². The Balaban J connectivity index is 5.22. The molecule has 0 saturated carbocycles. The van der Waals surface area contributed by atoms with E-state index in [2.05, 4.69) is 17.9 Å². The van der Waals surface area contributed by atoms with Crippen LogP contribution in [0, 0.1) is 0 Å². The summed E-state index contributed by atoms with van der Waals surface area (Å²) in [6.45, 7) is 6.43. The predicted molar refractivity (Wildman–Crippen MR) is 49.6 cm³/mol. The number of rotatable bonds is 4. The van der Waals surface area contributed by atoms with E-state index in [0.717, 1.165) is 7.11 Å². The van der Waals surface area contributed by atoms with E-state index in [1.165, 1.54) is 18.2 Å². The Labute approximate surface area is 80.9 Å². The Kier molecular flexibility index (Phi) is 4.77. The highest BCUT2D eigenvalue weighted by Gasteiger charge is 2.34. The highest BCUT2D eigenvalue weighted by Crippen LogP contribution is 2.29. The third-order valence-electron chi connectivity index (χ3n) is 1.38. The smallest absolute Gasteiger partial charge is 0.419 e.